The molecule has 0 amide bonds. The quantitative estimate of drug-likeness (QED) is 0.176. The summed E-state index contributed by atoms with van der Waals surface area (Å²) in [5.41, 5.74) is 1.39. The zero-order valence-electron chi connectivity index (χ0n) is 17.4. The fraction of sp³-hybridized carbons (Fsp3) is 0.571. The first-order chi connectivity index (χ1) is 14.4. The zero-order valence-corrected chi connectivity index (χ0v) is 18.2. The number of carbonyl (C=O) groups is 3. The molecule has 0 heterocycles. The van der Waals surface area contributed by atoms with E-state index in [1.165, 1.54) is 0 Å². The summed E-state index contributed by atoms with van der Waals surface area (Å²) in [6, 6.07) is 6.88. The second-order valence-electron chi connectivity index (χ2n) is 6.45. The summed E-state index contributed by atoms with van der Waals surface area (Å²) in [7, 11) is 0. The van der Waals surface area contributed by atoms with Gasteiger partial charge in [0.1, 0.15) is 13.2 Å². The highest BCUT2D eigenvalue weighted by molar-refractivity contribution is 6.17. The predicted octanol–water partition coefficient (Wildman–Crippen LogP) is 2.89. The van der Waals surface area contributed by atoms with Crippen LogP contribution in [0.4, 0.5) is 0 Å². The van der Waals surface area contributed by atoms with Crippen LogP contribution in [0.2, 0.25) is 0 Å². The molecule has 0 saturated carbocycles. The van der Waals surface area contributed by atoms with E-state index in [1.54, 1.807) is 38.1 Å². The molecule has 0 bridgehead atoms. The number of benzene rings is 1. The molecule has 1 rings (SSSR count). The van der Waals surface area contributed by atoms with Crippen molar-refractivity contribution in [1.29, 1.82) is 0 Å². The zero-order chi connectivity index (χ0) is 22.2. The number of esters is 3. The highest BCUT2D eigenvalue weighted by Gasteiger charge is 2.10. The molecule has 0 fully saturated rings. The van der Waals surface area contributed by atoms with Crippen molar-refractivity contribution in [2.24, 2.45) is 0 Å². The van der Waals surface area contributed by atoms with E-state index in [9.17, 15) is 14.4 Å². The number of carbonyl (C=O) groups excluding carboxylic acids is 3. The summed E-state index contributed by atoms with van der Waals surface area (Å²) in [5.74, 6) is -0.932. The molecule has 1 aromatic carbocycles. The van der Waals surface area contributed by atoms with E-state index < -0.39 is 17.9 Å². The van der Waals surface area contributed by atoms with Crippen molar-refractivity contribution in [2.45, 2.75) is 38.7 Å². The van der Waals surface area contributed by atoms with Crippen LogP contribution < -0.4 is 0 Å². The van der Waals surface area contributed by atoms with Gasteiger partial charge in [0.25, 0.3) is 0 Å². The Morgan fingerprint density at radius 3 is 1.90 bits per heavy atom. The van der Waals surface area contributed by atoms with Gasteiger partial charge in [-0.1, -0.05) is 12.1 Å². The van der Waals surface area contributed by atoms with Crippen molar-refractivity contribution in [3.05, 3.63) is 35.4 Å². The molecule has 9 heteroatoms. The van der Waals surface area contributed by atoms with Gasteiger partial charge in [-0.05, 0) is 31.5 Å². The first kappa shape index (κ1) is 25.9. The summed E-state index contributed by atoms with van der Waals surface area (Å²) >= 11 is 5.70. The van der Waals surface area contributed by atoms with E-state index in [4.69, 9.17) is 35.3 Å². The number of ether oxygens (including phenoxy) is 5. The molecule has 0 unspecified atom stereocenters. The van der Waals surface area contributed by atoms with Gasteiger partial charge in [-0.15, -0.1) is 11.6 Å². The van der Waals surface area contributed by atoms with E-state index >= 15 is 0 Å². The van der Waals surface area contributed by atoms with Crippen LogP contribution in [-0.2, 0) is 39.2 Å². The smallest absolute Gasteiger partial charge is 0.338 e. The molecule has 30 heavy (non-hydrogen) atoms. The van der Waals surface area contributed by atoms with Crippen molar-refractivity contribution in [3.63, 3.8) is 0 Å². The van der Waals surface area contributed by atoms with Gasteiger partial charge in [-0.25, -0.2) is 4.79 Å². The second-order valence-corrected chi connectivity index (χ2v) is 6.72. The molecule has 0 saturated heterocycles. The Hall–Kier alpha value is -2.16. The number of halogens is 1. The first-order valence-corrected chi connectivity index (χ1v) is 10.3. The van der Waals surface area contributed by atoms with Gasteiger partial charge in [0.2, 0.25) is 0 Å². The van der Waals surface area contributed by atoms with E-state index in [-0.39, 0.29) is 45.4 Å². The van der Waals surface area contributed by atoms with Crippen molar-refractivity contribution >= 4 is 29.5 Å². The average molecular weight is 445 g/mol. The lowest BCUT2D eigenvalue weighted by molar-refractivity contribution is -0.153. The van der Waals surface area contributed by atoms with Gasteiger partial charge >= 0.3 is 17.9 Å². The first-order valence-electron chi connectivity index (χ1n) is 9.75. The molecule has 8 nitrogen and oxygen atoms in total. The fourth-order valence-electron chi connectivity index (χ4n) is 2.14. The van der Waals surface area contributed by atoms with Gasteiger partial charge in [0.15, 0.2) is 0 Å². The summed E-state index contributed by atoms with van der Waals surface area (Å²) < 4.78 is 25.5. The molecule has 0 atom stereocenters. The van der Waals surface area contributed by atoms with Crippen molar-refractivity contribution in [3.8, 4) is 0 Å². The third kappa shape index (κ3) is 12.4. The van der Waals surface area contributed by atoms with Gasteiger partial charge in [0.05, 0.1) is 50.9 Å². The molecule has 0 aromatic heterocycles. The third-order valence-corrected chi connectivity index (χ3v) is 3.88. The van der Waals surface area contributed by atoms with Crippen LogP contribution >= 0.6 is 11.6 Å². The second kappa shape index (κ2) is 15.6. The molecule has 0 spiro atoms. The van der Waals surface area contributed by atoms with Crippen molar-refractivity contribution in [2.75, 3.05) is 39.6 Å². The average Bonchev–Trinajstić information content (AvgIpc) is 2.73. The Labute approximate surface area is 181 Å². The maximum Gasteiger partial charge on any atom is 0.338 e. The normalized spacial score (nSPS) is 10.7. The molecule has 0 aliphatic rings. The van der Waals surface area contributed by atoms with E-state index in [1.807, 2.05) is 0 Å². The number of hydrogen-bond donors (Lipinski definition) is 0. The Kier molecular flexibility index (Phi) is 13.5. The monoisotopic (exact) mass is 444 g/mol. The molecule has 1 aromatic rings. The molecule has 0 radical (unpaired) electrons. The van der Waals surface area contributed by atoms with Gasteiger partial charge in [0, 0.05) is 5.88 Å². The van der Waals surface area contributed by atoms with Crippen LogP contribution in [0.25, 0.3) is 0 Å². The van der Waals surface area contributed by atoms with Crippen LogP contribution in [-0.4, -0.2) is 63.7 Å². The summed E-state index contributed by atoms with van der Waals surface area (Å²) in [4.78, 5) is 34.6. The lowest BCUT2D eigenvalue weighted by Crippen LogP contribution is -2.16. The highest BCUT2D eigenvalue weighted by atomic mass is 35.5. The Morgan fingerprint density at radius 2 is 1.33 bits per heavy atom. The summed E-state index contributed by atoms with van der Waals surface area (Å²) in [6.45, 7) is 4.81. The van der Waals surface area contributed by atoms with Gasteiger partial charge in [-0.2, -0.15) is 0 Å². The fourth-order valence-corrected chi connectivity index (χ4v) is 2.32. The maximum atomic E-state index is 11.8. The van der Waals surface area contributed by atoms with Crippen LogP contribution in [0.15, 0.2) is 24.3 Å². The van der Waals surface area contributed by atoms with Crippen molar-refractivity contribution < 1.29 is 38.1 Å². The molecule has 0 aliphatic carbocycles. The van der Waals surface area contributed by atoms with Crippen LogP contribution in [0, 0.1) is 0 Å². The minimum absolute atomic E-state index is 0.00495. The lowest BCUT2D eigenvalue weighted by atomic mass is 10.1. The summed E-state index contributed by atoms with van der Waals surface area (Å²) in [5, 5.41) is 0. The van der Waals surface area contributed by atoms with Crippen LogP contribution in [0.3, 0.4) is 0 Å². The standard InChI is InChI=1S/C21H29ClO8/c1-16(2)30-20(24)8-7-19(23)28-13-11-26-9-10-27-12-14-29-21(25)18-5-3-17(15-22)4-6-18/h3-6,16H,7-15H2,1-2H3. The van der Waals surface area contributed by atoms with Crippen molar-refractivity contribution in [1.82, 2.24) is 0 Å². The minimum Gasteiger partial charge on any atom is -0.463 e. The summed E-state index contributed by atoms with van der Waals surface area (Å²) in [6.07, 6.45) is -0.232. The van der Waals surface area contributed by atoms with E-state index in [0.717, 1.165) is 5.56 Å². The topological polar surface area (TPSA) is 97.4 Å². The SMILES string of the molecule is CC(C)OC(=O)CCC(=O)OCCOCCOCCOC(=O)c1ccc(CCl)cc1. The van der Waals surface area contributed by atoms with E-state index in [2.05, 4.69) is 0 Å². The number of hydrogen-bond acceptors (Lipinski definition) is 8. The largest absolute Gasteiger partial charge is 0.463 e. The van der Waals surface area contributed by atoms with Gasteiger partial charge in [-0.3, -0.25) is 9.59 Å². The Bertz CT molecular complexity index is 645. The predicted molar refractivity (Wildman–Crippen MR) is 109 cm³/mol. The molecule has 0 N–H and O–H groups in total. The number of alkyl halides is 1. The molecular formula is C21H29ClO8. The van der Waals surface area contributed by atoms with Gasteiger partial charge < -0.3 is 23.7 Å². The van der Waals surface area contributed by atoms with Crippen LogP contribution in [0.5, 0.6) is 0 Å². The molecule has 0 aliphatic heterocycles. The van der Waals surface area contributed by atoms with E-state index in [0.29, 0.717) is 24.7 Å². The third-order valence-electron chi connectivity index (χ3n) is 3.57. The Balaban J connectivity index is 1.94. The molecular weight excluding hydrogens is 416 g/mol. The van der Waals surface area contributed by atoms with Crippen LogP contribution in [0.1, 0.15) is 42.6 Å². The minimum atomic E-state index is -0.477. The lowest BCUT2D eigenvalue weighted by Gasteiger charge is -2.09. The Morgan fingerprint density at radius 1 is 0.800 bits per heavy atom. The highest BCUT2D eigenvalue weighted by Crippen LogP contribution is 2.08. The maximum absolute atomic E-state index is 11.8. The molecule has 168 valence electrons. The number of rotatable bonds is 15.